The highest BCUT2D eigenvalue weighted by molar-refractivity contribution is 9.10. The molecule has 23 heavy (non-hydrogen) atoms. The van der Waals surface area contributed by atoms with E-state index in [9.17, 15) is 8.42 Å². The van der Waals surface area contributed by atoms with E-state index in [0.29, 0.717) is 6.04 Å². The number of aromatic amines is 1. The standard InChI is InChI=1S/C16H22BrN3O2S/c1-18-23(21,22)10-11-6-14-12(8-13-4-3-5-20(13)2)9-19-16(14)15(17)7-11/h6-7,9,13,18-19H,3-5,8,10H2,1-2H3. The van der Waals surface area contributed by atoms with E-state index in [-0.39, 0.29) is 5.75 Å². The van der Waals surface area contributed by atoms with E-state index in [1.165, 1.54) is 25.5 Å². The highest BCUT2D eigenvalue weighted by atomic mass is 79.9. The number of benzene rings is 1. The number of nitrogens with zero attached hydrogens (tertiary/aromatic N) is 1. The Hall–Kier alpha value is -0.890. The Labute approximate surface area is 145 Å². The molecule has 0 saturated carbocycles. The van der Waals surface area contributed by atoms with Crippen molar-refractivity contribution in [2.24, 2.45) is 0 Å². The van der Waals surface area contributed by atoms with Crippen molar-refractivity contribution >= 4 is 36.9 Å². The van der Waals surface area contributed by atoms with Crippen LogP contribution >= 0.6 is 15.9 Å². The monoisotopic (exact) mass is 399 g/mol. The fraction of sp³-hybridized carbons (Fsp3) is 0.500. The lowest BCUT2D eigenvalue weighted by atomic mass is 10.0. The van der Waals surface area contributed by atoms with Crippen LogP contribution in [0.1, 0.15) is 24.0 Å². The summed E-state index contributed by atoms with van der Waals surface area (Å²) in [5.74, 6) is -0.00795. The predicted octanol–water partition coefficient (Wildman–Crippen LogP) is 2.62. The van der Waals surface area contributed by atoms with E-state index in [1.807, 2.05) is 12.1 Å². The Kier molecular flexibility index (Phi) is 4.83. The van der Waals surface area contributed by atoms with Crippen molar-refractivity contribution in [1.82, 2.24) is 14.6 Å². The summed E-state index contributed by atoms with van der Waals surface area (Å²) in [6.45, 7) is 1.16. The molecule has 126 valence electrons. The second-order valence-corrected chi connectivity index (χ2v) is 9.04. The minimum atomic E-state index is -3.27. The minimum absolute atomic E-state index is 0.00795. The first-order valence-corrected chi connectivity index (χ1v) is 10.2. The molecule has 3 rings (SSSR count). The van der Waals surface area contributed by atoms with Crippen LogP contribution in [0.3, 0.4) is 0 Å². The highest BCUT2D eigenvalue weighted by Gasteiger charge is 2.22. The molecule has 2 aromatic rings. The molecule has 2 N–H and O–H groups in total. The van der Waals surface area contributed by atoms with Gasteiger partial charge in [0.2, 0.25) is 10.0 Å². The van der Waals surface area contributed by atoms with Crippen molar-refractivity contribution in [3.05, 3.63) is 33.9 Å². The zero-order valence-corrected chi connectivity index (χ0v) is 15.8. The van der Waals surface area contributed by atoms with Gasteiger partial charge in [-0.1, -0.05) is 0 Å². The van der Waals surface area contributed by atoms with Gasteiger partial charge in [-0.25, -0.2) is 13.1 Å². The Bertz CT molecular complexity index is 816. The van der Waals surface area contributed by atoms with Gasteiger partial charge in [-0.3, -0.25) is 0 Å². The fourth-order valence-corrected chi connectivity index (χ4v) is 4.71. The Morgan fingerprint density at radius 1 is 1.43 bits per heavy atom. The van der Waals surface area contributed by atoms with Crippen LogP contribution in [0.15, 0.2) is 22.8 Å². The molecule has 0 bridgehead atoms. The molecule has 0 radical (unpaired) electrons. The first-order valence-electron chi connectivity index (χ1n) is 7.79. The molecule has 1 aromatic heterocycles. The lowest BCUT2D eigenvalue weighted by molar-refractivity contribution is 0.310. The van der Waals surface area contributed by atoms with E-state index in [0.717, 1.165) is 33.9 Å². The second-order valence-electron chi connectivity index (χ2n) is 6.26. The molecular weight excluding hydrogens is 378 g/mol. The third kappa shape index (κ3) is 3.63. The summed E-state index contributed by atoms with van der Waals surface area (Å²) in [5.41, 5.74) is 3.08. The van der Waals surface area contributed by atoms with E-state index in [4.69, 9.17) is 0 Å². The summed E-state index contributed by atoms with van der Waals surface area (Å²) in [6, 6.07) is 4.44. The molecule has 1 aromatic carbocycles. The summed E-state index contributed by atoms with van der Waals surface area (Å²) in [7, 11) is 0.345. The SMILES string of the molecule is CNS(=O)(=O)Cc1cc(Br)c2[nH]cc(CC3CCCN3C)c2c1. The molecule has 1 aliphatic rings. The number of hydrogen-bond acceptors (Lipinski definition) is 3. The maximum Gasteiger partial charge on any atom is 0.215 e. The minimum Gasteiger partial charge on any atom is -0.360 e. The third-order valence-electron chi connectivity index (χ3n) is 4.68. The largest absolute Gasteiger partial charge is 0.360 e. The summed E-state index contributed by atoms with van der Waals surface area (Å²) in [6.07, 6.45) is 5.51. The molecule has 0 spiro atoms. The van der Waals surface area contributed by atoms with Crippen molar-refractivity contribution in [2.75, 3.05) is 20.6 Å². The number of likely N-dealkylation sites (tertiary alicyclic amines) is 1. The lowest BCUT2D eigenvalue weighted by Crippen LogP contribution is -2.26. The van der Waals surface area contributed by atoms with Crippen LogP contribution in [0.25, 0.3) is 10.9 Å². The van der Waals surface area contributed by atoms with Gasteiger partial charge in [-0.05, 0) is 79.1 Å². The molecule has 7 heteroatoms. The molecule has 1 unspecified atom stereocenters. The van der Waals surface area contributed by atoms with Gasteiger partial charge < -0.3 is 9.88 Å². The number of fused-ring (bicyclic) bond motifs is 1. The van der Waals surface area contributed by atoms with E-state index in [1.54, 1.807) is 0 Å². The zero-order chi connectivity index (χ0) is 16.6. The van der Waals surface area contributed by atoms with Crippen molar-refractivity contribution in [3.63, 3.8) is 0 Å². The number of sulfonamides is 1. The molecule has 0 aliphatic carbocycles. The zero-order valence-electron chi connectivity index (χ0n) is 13.4. The van der Waals surface area contributed by atoms with Gasteiger partial charge in [-0.2, -0.15) is 0 Å². The predicted molar refractivity (Wildman–Crippen MR) is 97.0 cm³/mol. The van der Waals surface area contributed by atoms with Crippen molar-refractivity contribution in [1.29, 1.82) is 0 Å². The average Bonchev–Trinajstić information content (AvgIpc) is 3.07. The summed E-state index contributed by atoms with van der Waals surface area (Å²) >= 11 is 3.56. The molecule has 1 atom stereocenters. The molecule has 0 amide bonds. The van der Waals surface area contributed by atoms with Crippen LogP contribution in [0.5, 0.6) is 0 Å². The van der Waals surface area contributed by atoms with Crippen molar-refractivity contribution in [3.8, 4) is 0 Å². The van der Waals surface area contributed by atoms with Crippen LogP contribution in [-0.2, 0) is 22.2 Å². The van der Waals surface area contributed by atoms with Crippen molar-refractivity contribution < 1.29 is 8.42 Å². The Morgan fingerprint density at radius 2 is 2.22 bits per heavy atom. The van der Waals surface area contributed by atoms with Gasteiger partial charge in [0.15, 0.2) is 0 Å². The third-order valence-corrected chi connectivity index (χ3v) is 6.64. The number of hydrogen-bond donors (Lipinski definition) is 2. The van der Waals surface area contributed by atoms with Gasteiger partial charge in [0.25, 0.3) is 0 Å². The normalized spacial score (nSPS) is 19.7. The quantitative estimate of drug-likeness (QED) is 0.811. The first kappa shape index (κ1) is 17.0. The van der Waals surface area contributed by atoms with Gasteiger partial charge in [-0.15, -0.1) is 0 Å². The molecule has 5 nitrogen and oxygen atoms in total. The summed E-state index contributed by atoms with van der Waals surface area (Å²) < 4.78 is 26.9. The number of H-pyrrole nitrogens is 1. The maximum atomic E-state index is 11.8. The molecular formula is C16H22BrN3O2S. The van der Waals surface area contributed by atoms with Crippen LogP contribution < -0.4 is 4.72 Å². The van der Waals surface area contributed by atoms with E-state index >= 15 is 0 Å². The van der Waals surface area contributed by atoms with Crippen LogP contribution in [-0.4, -0.2) is 45.0 Å². The van der Waals surface area contributed by atoms with Gasteiger partial charge in [0.05, 0.1) is 11.3 Å². The van der Waals surface area contributed by atoms with Gasteiger partial charge in [0.1, 0.15) is 0 Å². The number of likely N-dealkylation sites (N-methyl/N-ethyl adjacent to an activating group) is 1. The second kappa shape index (κ2) is 6.55. The molecule has 1 aliphatic heterocycles. The Balaban J connectivity index is 1.95. The van der Waals surface area contributed by atoms with E-state index in [2.05, 4.69) is 43.8 Å². The number of rotatable bonds is 5. The Morgan fingerprint density at radius 3 is 2.87 bits per heavy atom. The first-order chi connectivity index (χ1) is 10.9. The number of aromatic nitrogens is 1. The van der Waals surface area contributed by atoms with Crippen LogP contribution in [0, 0.1) is 0 Å². The van der Waals surface area contributed by atoms with Crippen LogP contribution in [0.4, 0.5) is 0 Å². The smallest absolute Gasteiger partial charge is 0.215 e. The van der Waals surface area contributed by atoms with Gasteiger partial charge in [0, 0.05) is 22.1 Å². The van der Waals surface area contributed by atoms with E-state index < -0.39 is 10.0 Å². The highest BCUT2D eigenvalue weighted by Crippen LogP contribution is 2.30. The number of halogens is 1. The van der Waals surface area contributed by atoms with Crippen LogP contribution in [0.2, 0.25) is 0 Å². The molecule has 2 heterocycles. The number of nitrogens with one attached hydrogen (secondary N) is 2. The maximum absolute atomic E-state index is 11.8. The summed E-state index contributed by atoms with van der Waals surface area (Å²) in [4.78, 5) is 5.72. The molecule has 1 saturated heterocycles. The molecule has 1 fully saturated rings. The van der Waals surface area contributed by atoms with Crippen molar-refractivity contribution in [2.45, 2.75) is 31.1 Å². The topological polar surface area (TPSA) is 65.2 Å². The fourth-order valence-electron chi connectivity index (χ4n) is 3.33. The summed E-state index contributed by atoms with van der Waals surface area (Å²) in [5, 5.41) is 1.11. The average molecular weight is 400 g/mol. The lowest BCUT2D eigenvalue weighted by Gasteiger charge is -2.18. The van der Waals surface area contributed by atoms with Gasteiger partial charge >= 0.3 is 0 Å².